The predicted molar refractivity (Wildman–Crippen MR) is 113 cm³/mol. The number of anilines is 1. The van der Waals surface area contributed by atoms with Gasteiger partial charge in [-0.15, -0.1) is 0 Å². The number of rotatable bonds is 6. The number of carbonyl (C=O) groups is 2. The highest BCUT2D eigenvalue weighted by atomic mass is 16.5. The van der Waals surface area contributed by atoms with Gasteiger partial charge in [-0.2, -0.15) is 5.10 Å². The van der Waals surface area contributed by atoms with E-state index in [1.54, 1.807) is 36.4 Å². The Morgan fingerprint density at radius 3 is 2.57 bits per heavy atom. The highest BCUT2D eigenvalue weighted by molar-refractivity contribution is 5.96. The van der Waals surface area contributed by atoms with E-state index in [1.165, 1.54) is 25.8 Å². The van der Waals surface area contributed by atoms with Crippen LogP contribution in [0.3, 0.4) is 0 Å². The maximum Gasteiger partial charge on any atom is 0.312 e. The van der Waals surface area contributed by atoms with Crippen LogP contribution in [0.4, 0.5) is 5.69 Å². The van der Waals surface area contributed by atoms with E-state index in [4.69, 9.17) is 9.47 Å². The van der Waals surface area contributed by atoms with E-state index in [1.807, 2.05) is 13.0 Å². The highest BCUT2D eigenvalue weighted by Crippen LogP contribution is 2.25. The lowest BCUT2D eigenvalue weighted by molar-refractivity contribution is -0.152. The highest BCUT2D eigenvalue weighted by Gasteiger charge is 2.21. The van der Waals surface area contributed by atoms with Crippen molar-refractivity contribution in [2.75, 3.05) is 12.4 Å². The Morgan fingerprint density at radius 2 is 1.87 bits per heavy atom. The molecule has 1 heterocycles. The fraction of sp³-hybridized carbons (Fsp3) is 0.273. The Kier molecular flexibility index (Phi) is 6.15. The van der Waals surface area contributed by atoms with Crippen molar-refractivity contribution in [3.63, 3.8) is 0 Å². The van der Waals surface area contributed by atoms with E-state index in [2.05, 4.69) is 10.4 Å². The molecule has 156 valence electrons. The van der Waals surface area contributed by atoms with E-state index in [0.29, 0.717) is 27.9 Å². The third kappa shape index (κ3) is 4.48. The Balaban J connectivity index is 1.72. The molecule has 30 heavy (non-hydrogen) atoms. The number of aryl methyl sites for hydroxylation is 2. The Bertz CT molecular complexity index is 1170. The topological polar surface area (TPSA) is 99.5 Å². The molecular formula is C22H23N3O5. The first-order valence-electron chi connectivity index (χ1n) is 9.40. The van der Waals surface area contributed by atoms with Gasteiger partial charge in [0.05, 0.1) is 30.3 Å². The van der Waals surface area contributed by atoms with Gasteiger partial charge in [0.25, 0.3) is 11.5 Å². The van der Waals surface area contributed by atoms with Crippen LogP contribution in [0.2, 0.25) is 0 Å². The Hall–Kier alpha value is -3.68. The van der Waals surface area contributed by atoms with Crippen LogP contribution >= 0.6 is 0 Å². The first kappa shape index (κ1) is 21.0. The van der Waals surface area contributed by atoms with Crippen LogP contribution in [0.25, 0.3) is 10.8 Å². The number of carbonyl (C=O) groups excluding carboxylic acids is 2. The summed E-state index contributed by atoms with van der Waals surface area (Å²) in [5.74, 6) is -0.593. The van der Waals surface area contributed by atoms with Crippen molar-refractivity contribution in [2.45, 2.75) is 26.4 Å². The molecule has 0 aliphatic carbocycles. The van der Waals surface area contributed by atoms with Gasteiger partial charge in [-0.1, -0.05) is 24.3 Å². The third-order valence-electron chi connectivity index (χ3n) is 4.64. The Labute approximate surface area is 173 Å². The van der Waals surface area contributed by atoms with Crippen LogP contribution in [-0.4, -0.2) is 34.9 Å². The van der Waals surface area contributed by atoms with Crippen LogP contribution in [0.5, 0.6) is 5.75 Å². The summed E-state index contributed by atoms with van der Waals surface area (Å²) in [6.45, 7) is 3.38. The number of hydrogen-bond donors (Lipinski definition) is 1. The summed E-state index contributed by atoms with van der Waals surface area (Å²) in [5, 5.41) is 7.94. The SMILES string of the molecule is COc1ccc(C)cc1NC(=O)[C@@H](C)OC(=O)Cc1nn(C)c(=O)c2ccccc12. The normalized spacial score (nSPS) is 11.7. The van der Waals surface area contributed by atoms with Crippen molar-refractivity contribution < 1.29 is 19.1 Å². The minimum absolute atomic E-state index is 0.167. The molecule has 0 saturated heterocycles. The number of hydrogen-bond acceptors (Lipinski definition) is 6. The smallest absolute Gasteiger partial charge is 0.312 e. The molecule has 3 aromatic rings. The van der Waals surface area contributed by atoms with Gasteiger partial charge in [0.2, 0.25) is 0 Å². The molecule has 0 fully saturated rings. The molecule has 0 aliphatic rings. The number of esters is 1. The number of benzene rings is 2. The molecule has 0 bridgehead atoms. The first-order valence-corrected chi connectivity index (χ1v) is 9.40. The molecular weight excluding hydrogens is 386 g/mol. The lowest BCUT2D eigenvalue weighted by Crippen LogP contribution is -2.31. The number of nitrogens with zero attached hydrogens (tertiary/aromatic N) is 2. The summed E-state index contributed by atoms with van der Waals surface area (Å²) in [6, 6.07) is 12.3. The quantitative estimate of drug-likeness (QED) is 0.628. The van der Waals surface area contributed by atoms with E-state index < -0.39 is 18.0 Å². The first-order chi connectivity index (χ1) is 14.3. The van der Waals surface area contributed by atoms with Crippen molar-refractivity contribution in [3.8, 4) is 5.75 Å². The van der Waals surface area contributed by atoms with Crippen molar-refractivity contribution in [1.29, 1.82) is 0 Å². The zero-order valence-electron chi connectivity index (χ0n) is 17.3. The second-order valence-corrected chi connectivity index (χ2v) is 6.92. The van der Waals surface area contributed by atoms with E-state index in [9.17, 15) is 14.4 Å². The number of fused-ring (bicyclic) bond motifs is 1. The monoisotopic (exact) mass is 409 g/mol. The second kappa shape index (κ2) is 8.77. The summed E-state index contributed by atoms with van der Waals surface area (Å²) in [6.07, 6.45) is -1.19. The van der Waals surface area contributed by atoms with Gasteiger partial charge < -0.3 is 14.8 Å². The maximum atomic E-state index is 12.5. The number of methoxy groups -OCH3 is 1. The van der Waals surface area contributed by atoms with Crippen LogP contribution < -0.4 is 15.6 Å². The van der Waals surface area contributed by atoms with Crippen LogP contribution in [-0.2, 0) is 27.8 Å². The third-order valence-corrected chi connectivity index (χ3v) is 4.64. The summed E-state index contributed by atoms with van der Waals surface area (Å²) in [7, 11) is 3.03. The largest absolute Gasteiger partial charge is 0.495 e. The van der Waals surface area contributed by atoms with Gasteiger partial charge in [0, 0.05) is 12.4 Å². The zero-order valence-corrected chi connectivity index (χ0v) is 17.3. The van der Waals surface area contributed by atoms with Crippen molar-refractivity contribution >= 4 is 28.3 Å². The number of amides is 1. The molecule has 1 amide bonds. The second-order valence-electron chi connectivity index (χ2n) is 6.92. The number of nitrogens with one attached hydrogen (secondary N) is 1. The fourth-order valence-corrected chi connectivity index (χ4v) is 3.09. The summed E-state index contributed by atoms with van der Waals surface area (Å²) < 4.78 is 11.7. The van der Waals surface area contributed by atoms with Gasteiger partial charge in [-0.3, -0.25) is 14.4 Å². The average molecular weight is 409 g/mol. The molecule has 1 N–H and O–H groups in total. The molecule has 0 radical (unpaired) electrons. The zero-order chi connectivity index (χ0) is 21.8. The van der Waals surface area contributed by atoms with Gasteiger partial charge >= 0.3 is 5.97 Å². The van der Waals surface area contributed by atoms with Gasteiger partial charge in [0.1, 0.15) is 5.75 Å². The van der Waals surface area contributed by atoms with E-state index in [-0.39, 0.29) is 12.0 Å². The van der Waals surface area contributed by atoms with Gasteiger partial charge in [-0.05, 0) is 37.6 Å². The molecule has 8 nitrogen and oxygen atoms in total. The van der Waals surface area contributed by atoms with Crippen molar-refractivity contribution in [2.24, 2.45) is 7.05 Å². The maximum absolute atomic E-state index is 12.5. The van der Waals surface area contributed by atoms with Crippen molar-refractivity contribution in [3.05, 3.63) is 64.1 Å². The molecule has 0 saturated carbocycles. The van der Waals surface area contributed by atoms with Crippen LogP contribution in [0, 0.1) is 6.92 Å². The molecule has 1 atom stereocenters. The van der Waals surface area contributed by atoms with Gasteiger partial charge in [-0.25, -0.2) is 4.68 Å². The lowest BCUT2D eigenvalue weighted by atomic mass is 10.1. The number of aromatic nitrogens is 2. The van der Waals surface area contributed by atoms with Crippen LogP contribution in [0.1, 0.15) is 18.2 Å². The van der Waals surface area contributed by atoms with E-state index in [0.717, 1.165) is 5.56 Å². The lowest BCUT2D eigenvalue weighted by Gasteiger charge is -2.16. The average Bonchev–Trinajstić information content (AvgIpc) is 2.72. The molecule has 0 aliphatic heterocycles. The van der Waals surface area contributed by atoms with Crippen LogP contribution in [0.15, 0.2) is 47.3 Å². The molecule has 0 spiro atoms. The molecule has 2 aromatic carbocycles. The molecule has 3 rings (SSSR count). The minimum atomic E-state index is -1.03. The molecule has 8 heteroatoms. The minimum Gasteiger partial charge on any atom is -0.495 e. The summed E-state index contributed by atoms with van der Waals surface area (Å²) in [5.41, 5.74) is 1.60. The predicted octanol–water partition coefficient (Wildman–Crippen LogP) is 2.36. The standard InChI is InChI=1S/C22H23N3O5/c1-13-9-10-19(29-4)18(11-13)23-21(27)14(2)30-20(26)12-17-15-7-5-6-8-16(15)22(28)25(3)24-17/h5-11,14H,12H2,1-4H3,(H,23,27)/t14-/m1/s1. The van der Waals surface area contributed by atoms with E-state index >= 15 is 0 Å². The molecule has 0 unspecified atom stereocenters. The van der Waals surface area contributed by atoms with Gasteiger partial charge in [0.15, 0.2) is 6.10 Å². The summed E-state index contributed by atoms with van der Waals surface area (Å²) in [4.78, 5) is 37.1. The Morgan fingerprint density at radius 1 is 1.17 bits per heavy atom. The fourth-order valence-electron chi connectivity index (χ4n) is 3.09. The molecule has 1 aromatic heterocycles. The van der Waals surface area contributed by atoms with Crippen molar-refractivity contribution in [1.82, 2.24) is 9.78 Å². The summed E-state index contributed by atoms with van der Waals surface area (Å²) >= 11 is 0. The number of ether oxygens (including phenoxy) is 2.